The van der Waals surface area contributed by atoms with Crippen LogP contribution >= 0.6 is 0 Å². The molecule has 8 nitrogen and oxygen atoms in total. The minimum atomic E-state index is -3.04. The first-order valence-corrected chi connectivity index (χ1v) is 11.8. The van der Waals surface area contributed by atoms with Gasteiger partial charge in [0, 0.05) is 43.1 Å². The molecule has 0 radical (unpaired) electrons. The number of nitrogens with one attached hydrogen (secondary N) is 1. The van der Waals surface area contributed by atoms with Crippen LogP contribution in [0.5, 0.6) is 11.5 Å². The minimum Gasteiger partial charge on any atom is -0.457 e. The number of nitrogens with two attached hydrogens (primary N) is 1. The van der Waals surface area contributed by atoms with E-state index in [-0.39, 0.29) is 36.7 Å². The Morgan fingerprint density at radius 1 is 1.08 bits per heavy atom. The Morgan fingerprint density at radius 3 is 2.41 bits per heavy atom. The summed E-state index contributed by atoms with van der Waals surface area (Å²) in [5, 5.41) is 0. The van der Waals surface area contributed by atoms with Gasteiger partial charge in [-0.25, -0.2) is 22.8 Å². The number of primary amides is 1. The van der Waals surface area contributed by atoms with Gasteiger partial charge in [0.1, 0.15) is 23.0 Å². The van der Waals surface area contributed by atoms with E-state index in [9.17, 15) is 22.8 Å². The number of carbonyl (C=O) groups excluding carboxylic acids is 2. The largest absolute Gasteiger partial charge is 0.457 e. The number of amides is 2. The Labute approximate surface area is 210 Å². The topological polar surface area (TPSA) is 102 Å². The van der Waals surface area contributed by atoms with Gasteiger partial charge in [-0.2, -0.15) is 0 Å². The SMILES string of the molecule is NC(=O)c1c(-c2ccc(Oc3ccccc3)cc2)nc2n1NCCC2C1CN(C(=O)C(F)=CC(F)F)C1. The van der Waals surface area contributed by atoms with E-state index in [0.29, 0.717) is 41.5 Å². The molecule has 5 rings (SSSR count). The summed E-state index contributed by atoms with van der Waals surface area (Å²) in [5.74, 6) is -1.49. The number of carbonyl (C=O) groups is 2. The van der Waals surface area contributed by atoms with Crippen molar-refractivity contribution < 1.29 is 27.5 Å². The molecule has 0 spiro atoms. The summed E-state index contributed by atoms with van der Waals surface area (Å²) in [5.41, 5.74) is 10.2. The zero-order chi connectivity index (χ0) is 26.1. The highest BCUT2D eigenvalue weighted by Crippen LogP contribution is 2.39. The fraction of sp³-hybridized carbons (Fsp3) is 0.269. The normalized spacial score (nSPS) is 17.7. The molecule has 3 N–H and O–H groups in total. The minimum absolute atomic E-state index is 0.00841. The van der Waals surface area contributed by atoms with Crippen molar-refractivity contribution in [2.45, 2.75) is 18.8 Å². The third-order valence-corrected chi connectivity index (χ3v) is 6.54. The molecule has 2 aromatic carbocycles. The molecular weight excluding hydrogens is 487 g/mol. The number of aromatic nitrogens is 2. The molecule has 192 valence electrons. The van der Waals surface area contributed by atoms with Crippen LogP contribution in [0.4, 0.5) is 13.2 Å². The number of rotatable bonds is 7. The van der Waals surface area contributed by atoms with Gasteiger partial charge < -0.3 is 20.8 Å². The highest BCUT2D eigenvalue weighted by Gasteiger charge is 2.42. The molecule has 1 atom stereocenters. The first-order valence-electron chi connectivity index (χ1n) is 11.8. The van der Waals surface area contributed by atoms with E-state index in [0.717, 1.165) is 0 Å². The average Bonchev–Trinajstić information content (AvgIpc) is 3.24. The van der Waals surface area contributed by atoms with Crippen LogP contribution in [0.1, 0.15) is 28.7 Å². The van der Waals surface area contributed by atoms with Gasteiger partial charge in [0.15, 0.2) is 11.5 Å². The molecule has 37 heavy (non-hydrogen) atoms. The summed E-state index contributed by atoms with van der Waals surface area (Å²) in [7, 11) is 0. The summed E-state index contributed by atoms with van der Waals surface area (Å²) >= 11 is 0. The molecule has 1 fully saturated rings. The maximum atomic E-state index is 13.7. The van der Waals surface area contributed by atoms with Crippen LogP contribution in [0.25, 0.3) is 11.3 Å². The smallest absolute Gasteiger partial charge is 0.282 e. The molecule has 1 unspecified atom stereocenters. The highest BCUT2D eigenvalue weighted by molar-refractivity contribution is 5.97. The number of ether oxygens (including phenoxy) is 1. The molecule has 3 aromatic rings. The van der Waals surface area contributed by atoms with Crippen molar-refractivity contribution in [2.24, 2.45) is 11.7 Å². The van der Waals surface area contributed by atoms with Crippen LogP contribution < -0.4 is 15.9 Å². The van der Waals surface area contributed by atoms with Gasteiger partial charge in [-0.15, -0.1) is 0 Å². The molecule has 2 amide bonds. The van der Waals surface area contributed by atoms with Crippen molar-refractivity contribution in [3.63, 3.8) is 0 Å². The number of para-hydroxylation sites is 1. The van der Waals surface area contributed by atoms with Gasteiger partial charge in [0.2, 0.25) is 0 Å². The van der Waals surface area contributed by atoms with Gasteiger partial charge in [0.25, 0.3) is 18.2 Å². The third kappa shape index (κ3) is 4.89. The number of hydrogen-bond acceptors (Lipinski definition) is 5. The second kappa shape index (κ2) is 10.00. The number of allylic oxidation sites excluding steroid dienone is 1. The molecule has 0 saturated carbocycles. The molecular formula is C26H24F3N5O3. The lowest BCUT2D eigenvalue weighted by Gasteiger charge is -2.44. The van der Waals surface area contributed by atoms with Crippen molar-refractivity contribution in [1.82, 2.24) is 14.6 Å². The van der Waals surface area contributed by atoms with Crippen molar-refractivity contribution in [3.8, 4) is 22.8 Å². The first kappa shape index (κ1) is 24.4. The van der Waals surface area contributed by atoms with Gasteiger partial charge in [-0.3, -0.25) is 9.59 Å². The maximum Gasteiger partial charge on any atom is 0.282 e. The van der Waals surface area contributed by atoms with Crippen LogP contribution in [-0.2, 0) is 4.79 Å². The molecule has 1 saturated heterocycles. The monoisotopic (exact) mass is 511 g/mol. The highest BCUT2D eigenvalue weighted by atomic mass is 19.3. The van der Waals surface area contributed by atoms with Crippen LogP contribution in [0.2, 0.25) is 0 Å². The lowest BCUT2D eigenvalue weighted by atomic mass is 9.82. The number of hydrogen-bond donors (Lipinski definition) is 2. The van der Waals surface area contributed by atoms with Crippen molar-refractivity contribution in [3.05, 3.63) is 78.0 Å². The van der Waals surface area contributed by atoms with E-state index in [1.54, 1.807) is 28.9 Å². The number of alkyl halides is 2. The molecule has 2 aliphatic heterocycles. The second-order valence-electron chi connectivity index (χ2n) is 8.93. The number of halogens is 3. The Hall–Kier alpha value is -4.28. The summed E-state index contributed by atoms with van der Waals surface area (Å²) in [6.45, 7) is 0.933. The third-order valence-electron chi connectivity index (χ3n) is 6.54. The summed E-state index contributed by atoms with van der Waals surface area (Å²) in [4.78, 5) is 30.4. The number of likely N-dealkylation sites (tertiary alicyclic amines) is 1. The summed E-state index contributed by atoms with van der Waals surface area (Å²) < 4.78 is 45.9. The zero-order valence-electron chi connectivity index (χ0n) is 19.6. The maximum absolute atomic E-state index is 13.7. The predicted octanol–water partition coefficient (Wildman–Crippen LogP) is 4.05. The number of imidazole rings is 1. The number of nitrogens with zero attached hydrogens (tertiary/aromatic N) is 3. The summed E-state index contributed by atoms with van der Waals surface area (Å²) in [6, 6.07) is 16.4. The van der Waals surface area contributed by atoms with Crippen LogP contribution in [-0.4, -0.2) is 52.4 Å². The molecule has 11 heteroatoms. The second-order valence-corrected chi connectivity index (χ2v) is 8.93. The fourth-order valence-electron chi connectivity index (χ4n) is 4.75. The van der Waals surface area contributed by atoms with Gasteiger partial charge in [0.05, 0.1) is 0 Å². The first-order chi connectivity index (χ1) is 17.8. The lowest BCUT2D eigenvalue weighted by Crippen LogP contribution is -2.53. The standard InChI is InChI=1S/C26H24F3N5O3/c27-20(12-21(28)29)26(36)33-13-16(14-33)19-10-11-31-34-23(24(30)35)22(32-25(19)34)15-6-8-18(9-7-15)37-17-4-2-1-3-5-17/h1-9,12,16,19,21,31H,10-11,13-14H2,(H2,30,35). The van der Waals surface area contributed by atoms with Gasteiger partial charge >= 0.3 is 0 Å². The number of fused-ring (bicyclic) bond motifs is 1. The van der Waals surface area contributed by atoms with E-state index in [2.05, 4.69) is 5.43 Å². The number of benzene rings is 2. The van der Waals surface area contributed by atoms with E-state index in [1.807, 2.05) is 30.3 Å². The Bertz CT molecular complexity index is 1340. The zero-order valence-corrected chi connectivity index (χ0v) is 19.6. The van der Waals surface area contributed by atoms with E-state index in [4.69, 9.17) is 15.5 Å². The quantitative estimate of drug-likeness (QED) is 0.466. The Balaban J connectivity index is 1.37. The van der Waals surface area contributed by atoms with E-state index >= 15 is 0 Å². The van der Waals surface area contributed by atoms with Crippen molar-refractivity contribution in [1.29, 1.82) is 0 Å². The predicted molar refractivity (Wildman–Crippen MR) is 130 cm³/mol. The molecule has 2 aliphatic rings. The van der Waals surface area contributed by atoms with Gasteiger partial charge in [-0.05, 0) is 42.8 Å². The van der Waals surface area contributed by atoms with Gasteiger partial charge in [-0.1, -0.05) is 18.2 Å². The average molecular weight is 512 g/mol. The van der Waals surface area contributed by atoms with Crippen molar-refractivity contribution in [2.75, 3.05) is 25.1 Å². The summed E-state index contributed by atoms with van der Waals surface area (Å²) in [6.07, 6.45) is -2.36. The van der Waals surface area contributed by atoms with E-state index < -0.39 is 24.1 Å². The molecule has 0 bridgehead atoms. The Morgan fingerprint density at radius 2 is 1.76 bits per heavy atom. The van der Waals surface area contributed by atoms with Crippen LogP contribution in [0, 0.1) is 5.92 Å². The van der Waals surface area contributed by atoms with Crippen LogP contribution in [0.3, 0.4) is 0 Å². The van der Waals surface area contributed by atoms with Crippen molar-refractivity contribution >= 4 is 11.8 Å². The van der Waals surface area contributed by atoms with E-state index in [1.165, 1.54) is 4.90 Å². The fourth-order valence-corrected chi connectivity index (χ4v) is 4.75. The van der Waals surface area contributed by atoms with Crippen LogP contribution in [0.15, 0.2) is 66.5 Å². The molecule has 3 heterocycles. The molecule has 0 aliphatic carbocycles. The molecule has 1 aromatic heterocycles. The lowest BCUT2D eigenvalue weighted by molar-refractivity contribution is -0.135. The Kier molecular flexibility index (Phi) is 6.60.